The van der Waals surface area contributed by atoms with E-state index in [0.717, 1.165) is 28.6 Å². The molecule has 1 aromatic carbocycles. The molecule has 4 rings (SSSR count). The Morgan fingerprint density at radius 3 is 2.89 bits per heavy atom. The van der Waals surface area contributed by atoms with Gasteiger partial charge >= 0.3 is 0 Å². The van der Waals surface area contributed by atoms with Crippen molar-refractivity contribution in [1.29, 1.82) is 0 Å². The van der Waals surface area contributed by atoms with Gasteiger partial charge in [-0.05, 0) is 37.1 Å². The number of aromatic hydroxyl groups is 1. The molecule has 0 bridgehead atoms. The Balaban J connectivity index is 1.69. The van der Waals surface area contributed by atoms with Crippen LogP contribution in [-0.2, 0) is 11.3 Å². The first-order valence-electron chi connectivity index (χ1n) is 8.91. The monoisotopic (exact) mass is 380 g/mol. The lowest BCUT2D eigenvalue weighted by atomic mass is 10.1. The van der Waals surface area contributed by atoms with E-state index in [-0.39, 0.29) is 24.2 Å². The van der Waals surface area contributed by atoms with Gasteiger partial charge in [0.05, 0.1) is 18.2 Å². The summed E-state index contributed by atoms with van der Waals surface area (Å²) in [7, 11) is 1.67. The molecule has 0 spiro atoms. The van der Waals surface area contributed by atoms with Crippen LogP contribution in [0, 0.1) is 18.8 Å². The molecule has 28 heavy (non-hydrogen) atoms. The topological polar surface area (TPSA) is 103 Å². The third kappa shape index (κ3) is 3.01. The minimum absolute atomic E-state index is 0.0223. The molecular weight excluding hydrogens is 360 g/mol. The van der Waals surface area contributed by atoms with Crippen molar-refractivity contribution < 1.29 is 14.4 Å². The Hall–Kier alpha value is -3.26. The van der Waals surface area contributed by atoms with Gasteiger partial charge in [-0.1, -0.05) is 35.0 Å². The van der Waals surface area contributed by atoms with Crippen molar-refractivity contribution in [3.05, 3.63) is 58.1 Å². The van der Waals surface area contributed by atoms with Gasteiger partial charge in [-0.3, -0.25) is 0 Å². The molecule has 144 valence electrons. The van der Waals surface area contributed by atoms with Crippen molar-refractivity contribution in [2.45, 2.75) is 32.9 Å². The molecule has 3 aromatic rings. The zero-order valence-corrected chi connectivity index (χ0v) is 15.8. The lowest BCUT2D eigenvalue weighted by Crippen LogP contribution is -2.08. The third-order valence-corrected chi connectivity index (χ3v) is 4.91. The number of aryl methyl sites for hydroxylation is 2. The van der Waals surface area contributed by atoms with Crippen molar-refractivity contribution in [1.82, 2.24) is 14.7 Å². The molecule has 1 unspecified atom stereocenters. The number of aromatic nitrogens is 3. The largest absolute Gasteiger partial charge is 0.493 e. The van der Waals surface area contributed by atoms with Crippen LogP contribution < -0.4 is 0 Å². The van der Waals surface area contributed by atoms with E-state index in [4.69, 9.17) is 9.26 Å². The van der Waals surface area contributed by atoms with Crippen LogP contribution in [0.3, 0.4) is 0 Å². The summed E-state index contributed by atoms with van der Waals surface area (Å²) in [6.45, 7) is 4.01. The summed E-state index contributed by atoms with van der Waals surface area (Å²) in [6.07, 6.45) is 6.59. The van der Waals surface area contributed by atoms with Gasteiger partial charge in [0.15, 0.2) is 11.5 Å². The zero-order valence-electron chi connectivity index (χ0n) is 15.8. The number of ether oxygens (including phenoxy) is 1. The number of hydrogen-bond donors (Lipinski definition) is 1. The van der Waals surface area contributed by atoms with Crippen LogP contribution in [0.5, 0.6) is 5.88 Å². The van der Waals surface area contributed by atoms with Gasteiger partial charge < -0.3 is 18.9 Å². The number of benzene rings is 1. The number of rotatable bonds is 5. The second kappa shape index (κ2) is 7.05. The van der Waals surface area contributed by atoms with Gasteiger partial charge in [0, 0.05) is 18.1 Å². The fourth-order valence-corrected chi connectivity index (χ4v) is 3.61. The maximum absolute atomic E-state index is 11.3. The first-order chi connectivity index (χ1) is 13.5. The third-order valence-electron chi connectivity index (χ3n) is 4.91. The SMILES string of the molecule is COC1C=CC(c2nc(Cn3c(O)c(N=O)c4cc(C)cc(C)c43)no2)=CC1. The van der Waals surface area contributed by atoms with Crippen LogP contribution in [0.4, 0.5) is 5.69 Å². The molecule has 1 aliphatic carbocycles. The Bertz CT molecular complexity index is 1120. The molecule has 8 nitrogen and oxygen atoms in total. The summed E-state index contributed by atoms with van der Waals surface area (Å²) in [5.41, 5.74) is 3.49. The van der Waals surface area contributed by atoms with Gasteiger partial charge in [0.1, 0.15) is 0 Å². The van der Waals surface area contributed by atoms with Gasteiger partial charge in [-0.15, -0.1) is 4.91 Å². The van der Waals surface area contributed by atoms with Gasteiger partial charge in [0.2, 0.25) is 5.88 Å². The second-order valence-corrected chi connectivity index (χ2v) is 6.87. The highest BCUT2D eigenvalue weighted by atomic mass is 16.5. The molecule has 2 heterocycles. The van der Waals surface area contributed by atoms with Crippen molar-refractivity contribution in [3.63, 3.8) is 0 Å². The highest BCUT2D eigenvalue weighted by Crippen LogP contribution is 2.40. The Kier molecular flexibility index (Phi) is 4.56. The fourth-order valence-electron chi connectivity index (χ4n) is 3.61. The predicted molar refractivity (Wildman–Crippen MR) is 104 cm³/mol. The molecule has 0 aliphatic heterocycles. The second-order valence-electron chi connectivity index (χ2n) is 6.87. The number of nitrogens with zero attached hydrogens (tertiary/aromatic N) is 4. The molecule has 1 atom stereocenters. The van der Waals surface area contributed by atoms with Crippen molar-refractivity contribution in [3.8, 4) is 5.88 Å². The number of methoxy groups -OCH3 is 1. The quantitative estimate of drug-likeness (QED) is 0.667. The van der Waals surface area contributed by atoms with Crippen LogP contribution in [0.25, 0.3) is 16.5 Å². The molecule has 0 saturated heterocycles. The fraction of sp³-hybridized carbons (Fsp3) is 0.300. The summed E-state index contributed by atoms with van der Waals surface area (Å²) in [4.78, 5) is 15.7. The number of allylic oxidation sites excluding steroid dienone is 2. The molecule has 2 aromatic heterocycles. The van der Waals surface area contributed by atoms with E-state index in [0.29, 0.717) is 17.1 Å². The summed E-state index contributed by atoms with van der Waals surface area (Å²) < 4.78 is 12.2. The number of hydrogen-bond acceptors (Lipinski definition) is 7. The number of nitroso groups, excluding NO2 is 1. The predicted octanol–water partition coefficient (Wildman–Crippen LogP) is 4.15. The molecule has 0 amide bonds. The maximum Gasteiger partial charge on any atom is 0.257 e. The molecular formula is C20H20N4O4. The van der Waals surface area contributed by atoms with Crippen LogP contribution in [0.15, 0.2) is 40.1 Å². The van der Waals surface area contributed by atoms with Crippen LogP contribution in [0.1, 0.15) is 29.3 Å². The Morgan fingerprint density at radius 2 is 2.21 bits per heavy atom. The average molecular weight is 380 g/mol. The average Bonchev–Trinajstić information content (AvgIpc) is 3.25. The molecule has 8 heteroatoms. The standard InChI is InChI=1S/C20H20N4O4/c1-11-8-12(2)18-15(9-11)17(22-26)20(25)24(18)10-16-21-19(28-23-16)13-4-6-14(27-3)7-5-13/h4-6,8-9,14,25H,7,10H2,1-3H3. The van der Waals surface area contributed by atoms with Gasteiger partial charge in [-0.25, -0.2) is 0 Å². The summed E-state index contributed by atoms with van der Waals surface area (Å²) >= 11 is 0. The van der Waals surface area contributed by atoms with Crippen molar-refractivity contribution in [2.75, 3.05) is 7.11 Å². The smallest absolute Gasteiger partial charge is 0.257 e. The lowest BCUT2D eigenvalue weighted by molar-refractivity contribution is 0.143. The van der Waals surface area contributed by atoms with E-state index in [1.165, 1.54) is 0 Å². The van der Waals surface area contributed by atoms with Gasteiger partial charge in [-0.2, -0.15) is 4.98 Å². The van der Waals surface area contributed by atoms with E-state index in [1.807, 2.05) is 44.2 Å². The molecule has 0 saturated carbocycles. The highest BCUT2D eigenvalue weighted by molar-refractivity contribution is 5.97. The summed E-state index contributed by atoms with van der Waals surface area (Å²) in [5.74, 6) is 0.589. The van der Waals surface area contributed by atoms with Crippen molar-refractivity contribution in [2.24, 2.45) is 5.18 Å². The highest BCUT2D eigenvalue weighted by Gasteiger charge is 2.22. The zero-order chi connectivity index (χ0) is 19.8. The van der Waals surface area contributed by atoms with Crippen LogP contribution in [0.2, 0.25) is 0 Å². The van der Waals surface area contributed by atoms with Crippen LogP contribution >= 0.6 is 0 Å². The molecule has 0 fully saturated rings. The molecule has 1 N–H and O–H groups in total. The maximum atomic E-state index is 11.3. The minimum atomic E-state index is -0.204. The first-order valence-corrected chi connectivity index (χ1v) is 8.91. The Labute approximate surface area is 161 Å². The van der Waals surface area contributed by atoms with E-state index < -0.39 is 0 Å². The summed E-state index contributed by atoms with van der Waals surface area (Å²) in [5, 5.41) is 18.2. The molecule has 1 aliphatic rings. The van der Waals surface area contributed by atoms with Crippen molar-refractivity contribution >= 4 is 22.2 Å². The van der Waals surface area contributed by atoms with E-state index >= 15 is 0 Å². The summed E-state index contributed by atoms with van der Waals surface area (Å²) in [6, 6.07) is 3.82. The number of fused-ring (bicyclic) bond motifs is 1. The van der Waals surface area contributed by atoms with Crippen LogP contribution in [-0.4, -0.2) is 33.0 Å². The lowest BCUT2D eigenvalue weighted by Gasteiger charge is -2.12. The minimum Gasteiger partial charge on any atom is -0.493 e. The van der Waals surface area contributed by atoms with E-state index in [1.54, 1.807) is 11.7 Å². The first kappa shape index (κ1) is 18.1. The molecule has 0 radical (unpaired) electrons. The Morgan fingerprint density at radius 1 is 1.39 bits per heavy atom. The van der Waals surface area contributed by atoms with E-state index in [9.17, 15) is 10.0 Å². The van der Waals surface area contributed by atoms with Gasteiger partial charge in [0.25, 0.3) is 5.89 Å². The van der Waals surface area contributed by atoms with E-state index in [2.05, 4.69) is 15.3 Å². The normalized spacial score (nSPS) is 16.5.